The first-order valence-corrected chi connectivity index (χ1v) is 9.47. The van der Waals surface area contributed by atoms with Crippen molar-refractivity contribution in [3.8, 4) is 11.3 Å². The number of anilines is 1. The van der Waals surface area contributed by atoms with E-state index in [-0.39, 0.29) is 0 Å². The van der Waals surface area contributed by atoms with Crippen molar-refractivity contribution >= 4 is 5.82 Å². The van der Waals surface area contributed by atoms with Crippen molar-refractivity contribution < 1.29 is 4.52 Å². The van der Waals surface area contributed by atoms with E-state index >= 15 is 0 Å². The average molecular weight is 363 g/mol. The van der Waals surface area contributed by atoms with Crippen LogP contribution in [0.4, 0.5) is 5.82 Å². The molecule has 4 rings (SSSR count). The second-order valence-corrected chi connectivity index (χ2v) is 7.15. The zero-order chi connectivity index (χ0) is 18.6. The molecule has 1 saturated heterocycles. The summed E-state index contributed by atoms with van der Waals surface area (Å²) in [6.45, 7) is 4.68. The third kappa shape index (κ3) is 4.17. The van der Waals surface area contributed by atoms with Crippen LogP contribution in [0.5, 0.6) is 0 Å². The van der Waals surface area contributed by atoms with E-state index in [4.69, 9.17) is 4.52 Å². The van der Waals surface area contributed by atoms with Gasteiger partial charge in [0.15, 0.2) is 5.76 Å². The summed E-state index contributed by atoms with van der Waals surface area (Å²) in [5.41, 5.74) is 3.04. The number of hydrogen-bond acceptors (Lipinski definition) is 6. The maximum Gasteiger partial charge on any atom is 0.167 e. The molecule has 1 aromatic carbocycles. The number of nitrogens with one attached hydrogen (secondary N) is 1. The molecule has 0 saturated carbocycles. The van der Waals surface area contributed by atoms with Crippen LogP contribution in [0.3, 0.4) is 0 Å². The second-order valence-electron chi connectivity index (χ2n) is 7.15. The average Bonchev–Trinajstić information content (AvgIpc) is 3.17. The van der Waals surface area contributed by atoms with Gasteiger partial charge in [0.25, 0.3) is 0 Å². The van der Waals surface area contributed by atoms with Crippen molar-refractivity contribution in [3.05, 3.63) is 59.7 Å². The van der Waals surface area contributed by atoms with E-state index in [1.807, 2.05) is 50.4 Å². The van der Waals surface area contributed by atoms with E-state index in [9.17, 15) is 0 Å². The fraction of sp³-hybridized carbons (Fsp3) is 0.381. The number of nitrogens with zero attached hydrogens (tertiary/aromatic N) is 4. The number of aromatic nitrogens is 3. The Morgan fingerprint density at radius 1 is 1.19 bits per heavy atom. The fourth-order valence-electron chi connectivity index (χ4n) is 3.53. The van der Waals surface area contributed by atoms with Crippen molar-refractivity contribution in [1.82, 2.24) is 20.4 Å². The largest absolute Gasteiger partial charge is 0.356 e. The maximum absolute atomic E-state index is 5.51. The highest BCUT2D eigenvalue weighted by atomic mass is 16.5. The molecule has 0 bridgehead atoms. The topological polar surface area (TPSA) is 67.1 Å². The summed E-state index contributed by atoms with van der Waals surface area (Å²) in [5, 5.41) is 7.69. The lowest BCUT2D eigenvalue weighted by atomic mass is 9.96. The zero-order valence-corrected chi connectivity index (χ0v) is 15.9. The van der Waals surface area contributed by atoms with Gasteiger partial charge in [-0.2, -0.15) is 0 Å². The van der Waals surface area contributed by atoms with Gasteiger partial charge in [0, 0.05) is 37.2 Å². The van der Waals surface area contributed by atoms with Gasteiger partial charge < -0.3 is 14.7 Å². The summed E-state index contributed by atoms with van der Waals surface area (Å²) in [6, 6.07) is 14.1. The van der Waals surface area contributed by atoms with Gasteiger partial charge in [-0.3, -0.25) is 0 Å². The molecule has 140 valence electrons. The van der Waals surface area contributed by atoms with Crippen LogP contribution < -0.4 is 10.2 Å². The Bertz CT molecular complexity index is 887. The Balaban J connectivity index is 1.50. The van der Waals surface area contributed by atoms with Crippen LogP contribution in [0, 0.1) is 6.92 Å². The zero-order valence-electron chi connectivity index (χ0n) is 15.9. The highest BCUT2D eigenvalue weighted by Gasteiger charge is 2.19. The number of rotatable bonds is 5. The molecule has 0 aliphatic carbocycles. The van der Waals surface area contributed by atoms with Crippen molar-refractivity contribution in [2.24, 2.45) is 0 Å². The van der Waals surface area contributed by atoms with Gasteiger partial charge in [-0.15, -0.1) is 0 Å². The van der Waals surface area contributed by atoms with E-state index in [1.165, 1.54) is 12.8 Å². The molecule has 3 aromatic rings. The molecule has 1 atom stereocenters. The minimum Gasteiger partial charge on any atom is -0.356 e. The summed E-state index contributed by atoms with van der Waals surface area (Å²) < 4.78 is 5.51. The Hall–Kier alpha value is -2.73. The minimum absolute atomic E-state index is 0.462. The second kappa shape index (κ2) is 7.88. The van der Waals surface area contributed by atoms with E-state index < -0.39 is 0 Å². The highest BCUT2D eigenvalue weighted by Crippen LogP contribution is 2.25. The SMILES string of the molecule is Cc1nc(C2CCCNC2)cc(N(C)Cc2cc(-c3ccccc3)on2)n1. The molecule has 1 fully saturated rings. The van der Waals surface area contributed by atoms with Crippen LogP contribution in [0.25, 0.3) is 11.3 Å². The number of piperidine rings is 1. The van der Waals surface area contributed by atoms with Gasteiger partial charge >= 0.3 is 0 Å². The molecular weight excluding hydrogens is 338 g/mol. The molecular formula is C21H25N5O. The number of hydrogen-bond donors (Lipinski definition) is 1. The fourth-order valence-corrected chi connectivity index (χ4v) is 3.53. The highest BCUT2D eigenvalue weighted by molar-refractivity contribution is 5.57. The molecule has 0 radical (unpaired) electrons. The predicted octanol–water partition coefficient (Wildman–Crippen LogP) is 3.54. The van der Waals surface area contributed by atoms with E-state index in [0.717, 1.165) is 47.4 Å². The van der Waals surface area contributed by atoms with Gasteiger partial charge in [0.1, 0.15) is 17.3 Å². The van der Waals surface area contributed by atoms with Crippen LogP contribution in [-0.2, 0) is 6.54 Å². The lowest BCUT2D eigenvalue weighted by molar-refractivity contribution is 0.423. The molecule has 0 spiro atoms. The van der Waals surface area contributed by atoms with Crippen LogP contribution >= 0.6 is 0 Å². The third-order valence-electron chi connectivity index (χ3n) is 4.97. The predicted molar refractivity (Wildman–Crippen MR) is 106 cm³/mol. The normalized spacial score (nSPS) is 17.0. The molecule has 6 nitrogen and oxygen atoms in total. The van der Waals surface area contributed by atoms with E-state index in [2.05, 4.69) is 31.4 Å². The third-order valence-corrected chi connectivity index (χ3v) is 4.97. The van der Waals surface area contributed by atoms with Crippen molar-refractivity contribution in [2.45, 2.75) is 32.2 Å². The molecule has 1 aliphatic heterocycles. The van der Waals surface area contributed by atoms with Crippen LogP contribution in [0.15, 0.2) is 47.0 Å². The Labute approximate surface area is 159 Å². The van der Waals surface area contributed by atoms with Gasteiger partial charge in [0.2, 0.25) is 0 Å². The van der Waals surface area contributed by atoms with Crippen molar-refractivity contribution in [2.75, 3.05) is 25.0 Å². The summed E-state index contributed by atoms with van der Waals surface area (Å²) in [7, 11) is 2.03. The van der Waals surface area contributed by atoms with Crippen LogP contribution in [0.2, 0.25) is 0 Å². The number of benzene rings is 1. The summed E-state index contributed by atoms with van der Waals surface area (Å²) >= 11 is 0. The van der Waals surface area contributed by atoms with Gasteiger partial charge in [-0.05, 0) is 26.3 Å². The lowest BCUT2D eigenvalue weighted by Gasteiger charge is -2.24. The van der Waals surface area contributed by atoms with Crippen molar-refractivity contribution in [3.63, 3.8) is 0 Å². The first kappa shape index (κ1) is 17.7. The van der Waals surface area contributed by atoms with Gasteiger partial charge in [-0.25, -0.2) is 9.97 Å². The maximum atomic E-state index is 5.51. The first-order chi connectivity index (χ1) is 13.2. The van der Waals surface area contributed by atoms with Crippen LogP contribution in [0.1, 0.15) is 36.0 Å². The Morgan fingerprint density at radius 2 is 2.04 bits per heavy atom. The Kier molecular flexibility index (Phi) is 5.16. The van der Waals surface area contributed by atoms with Crippen molar-refractivity contribution in [1.29, 1.82) is 0 Å². The van der Waals surface area contributed by atoms with E-state index in [0.29, 0.717) is 12.5 Å². The molecule has 27 heavy (non-hydrogen) atoms. The minimum atomic E-state index is 0.462. The summed E-state index contributed by atoms with van der Waals surface area (Å²) in [6.07, 6.45) is 2.37. The summed E-state index contributed by atoms with van der Waals surface area (Å²) in [4.78, 5) is 11.4. The smallest absolute Gasteiger partial charge is 0.167 e. The monoisotopic (exact) mass is 363 g/mol. The quantitative estimate of drug-likeness (QED) is 0.748. The molecule has 6 heteroatoms. The Morgan fingerprint density at radius 3 is 2.81 bits per heavy atom. The van der Waals surface area contributed by atoms with Gasteiger partial charge in [-0.1, -0.05) is 35.5 Å². The first-order valence-electron chi connectivity index (χ1n) is 9.47. The van der Waals surface area contributed by atoms with E-state index in [1.54, 1.807) is 0 Å². The summed E-state index contributed by atoms with van der Waals surface area (Å²) in [5.74, 6) is 2.98. The molecule has 1 aliphatic rings. The van der Waals surface area contributed by atoms with Crippen LogP contribution in [-0.4, -0.2) is 35.3 Å². The molecule has 3 heterocycles. The standard InChI is InChI=1S/C21H25N5O/c1-15-23-19(17-9-6-10-22-13-17)12-21(24-15)26(2)14-18-11-20(27-25-18)16-7-4-3-5-8-16/h3-5,7-8,11-12,17,22H,6,9-10,13-14H2,1-2H3. The lowest BCUT2D eigenvalue weighted by Crippen LogP contribution is -2.29. The molecule has 0 amide bonds. The molecule has 1 unspecified atom stereocenters. The molecule has 1 N–H and O–H groups in total. The van der Waals surface area contributed by atoms with Gasteiger partial charge in [0.05, 0.1) is 12.2 Å². The number of aryl methyl sites for hydroxylation is 1. The molecule has 2 aromatic heterocycles.